The van der Waals surface area contributed by atoms with Crippen LogP contribution < -0.4 is 11.2 Å². The fourth-order valence-corrected chi connectivity index (χ4v) is 2.44. The summed E-state index contributed by atoms with van der Waals surface area (Å²) in [4.78, 5) is 29.1. The molecule has 0 aliphatic rings. The summed E-state index contributed by atoms with van der Waals surface area (Å²) < 4.78 is 49.9. The topological polar surface area (TPSA) is 84.0 Å². The van der Waals surface area contributed by atoms with E-state index in [1.54, 1.807) is 0 Å². The summed E-state index contributed by atoms with van der Waals surface area (Å²) in [7, 11) is 3.58. The van der Waals surface area contributed by atoms with E-state index < -0.39 is 29.4 Å². The molecule has 1 aromatic heterocycles. The van der Waals surface area contributed by atoms with E-state index in [9.17, 15) is 22.8 Å². The number of halogens is 4. The number of nitrogens with zero attached hydrogens (tertiary/aromatic N) is 3. The minimum Gasteiger partial charge on any atom is -0.409 e. The lowest BCUT2D eigenvalue weighted by molar-refractivity contribution is -0.144. The van der Waals surface area contributed by atoms with Crippen LogP contribution in [0.3, 0.4) is 0 Å². The molecule has 0 saturated heterocycles. The summed E-state index contributed by atoms with van der Waals surface area (Å²) in [6.07, 6.45) is -2.28. The van der Waals surface area contributed by atoms with E-state index in [0.29, 0.717) is 15.2 Å². The molecule has 1 aromatic carbocycles. The Balaban J connectivity index is 2.47. The maximum Gasteiger partial charge on any atom is 0.431 e. The molecule has 8 nitrogen and oxygen atoms in total. The molecule has 1 heterocycles. The Hall–Kier alpha value is -3.23. The zero-order chi connectivity index (χ0) is 22.5. The number of hydrogen-bond acceptors (Lipinski definition) is 6. The van der Waals surface area contributed by atoms with Gasteiger partial charge in [-0.15, -0.1) is 0 Å². The van der Waals surface area contributed by atoms with Gasteiger partial charge in [-0.25, -0.2) is 9.36 Å². The number of ether oxygens (including phenoxy) is 2. The second-order valence-corrected chi connectivity index (χ2v) is 6.00. The molecule has 0 radical (unpaired) electrons. The van der Waals surface area contributed by atoms with Gasteiger partial charge in [0.2, 0.25) is 6.29 Å². The van der Waals surface area contributed by atoms with Gasteiger partial charge in [0.15, 0.2) is 0 Å². The third-order valence-electron chi connectivity index (χ3n) is 3.70. The van der Waals surface area contributed by atoms with Crippen LogP contribution in [0.2, 0.25) is 5.02 Å². The Kier molecular flexibility index (Phi) is 7.31. The highest BCUT2D eigenvalue weighted by molar-refractivity contribution is 6.31. The van der Waals surface area contributed by atoms with Crippen LogP contribution in [0.1, 0.15) is 11.3 Å². The molecule has 2 aromatic rings. The molecule has 0 N–H and O–H groups in total. The molecule has 0 bridgehead atoms. The van der Waals surface area contributed by atoms with Gasteiger partial charge in [0.25, 0.3) is 5.56 Å². The summed E-state index contributed by atoms with van der Waals surface area (Å²) in [6, 6.07) is 4.24. The van der Waals surface area contributed by atoms with Gasteiger partial charge < -0.3 is 14.3 Å². The van der Waals surface area contributed by atoms with Crippen LogP contribution in [0.15, 0.2) is 39.0 Å². The number of aromatic nitrogens is 2. The van der Waals surface area contributed by atoms with E-state index in [0.717, 1.165) is 7.05 Å². The summed E-state index contributed by atoms with van der Waals surface area (Å²) in [6.45, 7) is 0. The predicted molar refractivity (Wildman–Crippen MR) is 102 cm³/mol. The summed E-state index contributed by atoms with van der Waals surface area (Å²) >= 11 is 6.06. The van der Waals surface area contributed by atoms with Crippen molar-refractivity contribution in [3.8, 4) is 17.7 Å². The second kappa shape index (κ2) is 9.51. The molecule has 12 heteroatoms. The van der Waals surface area contributed by atoms with Crippen molar-refractivity contribution in [2.24, 2.45) is 12.2 Å². The summed E-state index contributed by atoms with van der Waals surface area (Å²) in [5, 5.41) is 3.63. The minimum atomic E-state index is -4.86. The Morgan fingerprint density at radius 3 is 2.53 bits per heavy atom. The van der Waals surface area contributed by atoms with Crippen LogP contribution in [0.25, 0.3) is 5.69 Å². The van der Waals surface area contributed by atoms with Gasteiger partial charge in [-0.3, -0.25) is 9.36 Å². The lowest BCUT2D eigenvalue weighted by Crippen LogP contribution is -2.40. The number of benzene rings is 1. The van der Waals surface area contributed by atoms with Gasteiger partial charge in [0.05, 0.1) is 10.7 Å². The largest absolute Gasteiger partial charge is 0.431 e. The second-order valence-electron chi connectivity index (χ2n) is 5.59. The highest BCUT2D eigenvalue weighted by Gasteiger charge is 2.35. The van der Waals surface area contributed by atoms with E-state index in [4.69, 9.17) is 21.1 Å². The Morgan fingerprint density at radius 1 is 1.23 bits per heavy atom. The van der Waals surface area contributed by atoms with Crippen LogP contribution in [-0.4, -0.2) is 35.9 Å². The first-order chi connectivity index (χ1) is 14.1. The summed E-state index contributed by atoms with van der Waals surface area (Å²) in [5.74, 6) is 2.56. The van der Waals surface area contributed by atoms with E-state index in [1.165, 1.54) is 38.6 Å². The standard InChI is InChI=1S/C18H15ClF3N3O5/c1-24-14(18(20,21)22)9-15(26)25(17(24)27)12-4-5-13(19)11(8-12)6-7-30-16(28-2)10-23-29-3/h4-5,8-10,16H,1-3H3/b23-10+. The molecule has 2 rings (SSSR count). The van der Waals surface area contributed by atoms with E-state index >= 15 is 0 Å². The lowest BCUT2D eigenvalue weighted by Gasteiger charge is -2.14. The first-order valence-corrected chi connectivity index (χ1v) is 8.44. The van der Waals surface area contributed by atoms with Gasteiger partial charge in [-0.2, -0.15) is 13.2 Å². The van der Waals surface area contributed by atoms with Crippen LogP contribution >= 0.6 is 11.6 Å². The van der Waals surface area contributed by atoms with Gasteiger partial charge in [-0.1, -0.05) is 16.8 Å². The molecular weight excluding hydrogens is 431 g/mol. The molecule has 0 saturated carbocycles. The van der Waals surface area contributed by atoms with Gasteiger partial charge >= 0.3 is 11.9 Å². The first kappa shape index (κ1) is 23.1. The molecule has 1 atom stereocenters. The van der Waals surface area contributed by atoms with Crippen molar-refractivity contribution in [2.45, 2.75) is 12.5 Å². The molecule has 0 spiro atoms. The predicted octanol–water partition coefficient (Wildman–Crippen LogP) is 2.14. The molecule has 0 aliphatic carbocycles. The number of methoxy groups -OCH3 is 1. The Labute approximate surface area is 173 Å². The number of rotatable bonds is 5. The normalized spacial score (nSPS) is 12.4. The molecular formula is C18H15ClF3N3O5. The first-order valence-electron chi connectivity index (χ1n) is 8.06. The zero-order valence-electron chi connectivity index (χ0n) is 15.9. The SMILES string of the molecule is CO/N=C/C(OC)OC#Cc1cc(-n2c(=O)cc(C(F)(F)F)n(C)c2=O)ccc1Cl. The van der Waals surface area contributed by atoms with Crippen LogP contribution in [0, 0.1) is 12.0 Å². The van der Waals surface area contributed by atoms with Gasteiger partial charge in [0.1, 0.15) is 25.1 Å². The van der Waals surface area contributed by atoms with Crippen LogP contribution in [0.4, 0.5) is 13.2 Å². The van der Waals surface area contributed by atoms with Gasteiger partial charge in [-0.05, 0) is 24.1 Å². The van der Waals surface area contributed by atoms with Crippen molar-refractivity contribution in [1.29, 1.82) is 0 Å². The maximum atomic E-state index is 13.0. The third kappa shape index (κ3) is 5.22. The van der Waals surface area contributed by atoms with E-state index in [-0.39, 0.29) is 16.3 Å². The van der Waals surface area contributed by atoms with Crippen molar-refractivity contribution in [2.75, 3.05) is 14.2 Å². The van der Waals surface area contributed by atoms with Crippen LogP contribution in [-0.2, 0) is 27.5 Å². The molecule has 1 unspecified atom stereocenters. The minimum absolute atomic E-state index is 0.0211. The summed E-state index contributed by atoms with van der Waals surface area (Å²) in [5.41, 5.74) is -3.56. The Morgan fingerprint density at radius 2 is 1.93 bits per heavy atom. The number of hydrogen-bond donors (Lipinski definition) is 0. The fraction of sp³-hybridized carbons (Fsp3) is 0.278. The monoisotopic (exact) mass is 445 g/mol. The van der Waals surface area contributed by atoms with E-state index in [2.05, 4.69) is 22.0 Å². The van der Waals surface area contributed by atoms with E-state index in [1.807, 2.05) is 0 Å². The smallest absolute Gasteiger partial charge is 0.409 e. The third-order valence-corrected chi connectivity index (χ3v) is 4.03. The van der Waals surface area contributed by atoms with Crippen molar-refractivity contribution in [1.82, 2.24) is 9.13 Å². The van der Waals surface area contributed by atoms with Gasteiger partial charge in [0, 0.05) is 25.8 Å². The fourth-order valence-electron chi connectivity index (χ4n) is 2.28. The average Bonchev–Trinajstić information content (AvgIpc) is 2.68. The highest BCUT2D eigenvalue weighted by atomic mass is 35.5. The average molecular weight is 446 g/mol. The Bertz CT molecular complexity index is 1130. The van der Waals surface area contributed by atoms with Crippen molar-refractivity contribution in [3.05, 3.63) is 61.4 Å². The zero-order valence-corrected chi connectivity index (χ0v) is 16.6. The van der Waals surface area contributed by atoms with Crippen molar-refractivity contribution >= 4 is 17.8 Å². The maximum absolute atomic E-state index is 13.0. The highest BCUT2D eigenvalue weighted by Crippen LogP contribution is 2.27. The lowest BCUT2D eigenvalue weighted by atomic mass is 10.2. The molecule has 0 fully saturated rings. The van der Waals surface area contributed by atoms with Crippen molar-refractivity contribution in [3.63, 3.8) is 0 Å². The number of oxime groups is 1. The quantitative estimate of drug-likeness (QED) is 0.305. The molecule has 0 amide bonds. The molecule has 160 valence electrons. The van der Waals surface area contributed by atoms with Crippen LogP contribution in [0.5, 0.6) is 0 Å². The molecule has 0 aliphatic heterocycles. The molecule has 30 heavy (non-hydrogen) atoms. The van der Waals surface area contributed by atoms with Crippen molar-refractivity contribution < 1.29 is 27.5 Å². The number of alkyl halides is 3.